The van der Waals surface area contributed by atoms with Gasteiger partial charge < -0.3 is 4.42 Å². The van der Waals surface area contributed by atoms with E-state index in [9.17, 15) is 0 Å². The van der Waals surface area contributed by atoms with Crippen molar-refractivity contribution < 1.29 is 14.5 Å². The van der Waals surface area contributed by atoms with Crippen LogP contribution in [-0.2, 0) is 7.05 Å². The highest BCUT2D eigenvalue weighted by atomic mass is 16.3. The van der Waals surface area contributed by atoms with Crippen LogP contribution in [0.4, 0.5) is 0 Å². The predicted octanol–water partition coefficient (Wildman–Crippen LogP) is 5.21. The molecule has 0 aliphatic rings. The maximum Gasteiger partial charge on any atom is 0.212 e. The van der Waals surface area contributed by atoms with E-state index >= 15 is 0 Å². The lowest BCUT2D eigenvalue weighted by Crippen LogP contribution is -2.31. The second-order valence-corrected chi connectivity index (χ2v) is 6.66. The van der Waals surface area contributed by atoms with Crippen molar-refractivity contribution in [1.82, 2.24) is 4.98 Å². The van der Waals surface area contributed by atoms with Gasteiger partial charge in [0.25, 0.3) is 0 Å². The molecular formula is C22H23N2O+. The lowest BCUT2D eigenvalue weighted by molar-refractivity contribution is -0.660. The van der Waals surface area contributed by atoms with Gasteiger partial charge in [0.1, 0.15) is 12.6 Å². The average molecular weight is 335 g/mol. The van der Waals surface area contributed by atoms with Gasteiger partial charge in [0, 0.05) is 33.6 Å². The normalized spacial score (nSPS) is 17.0. The van der Waals surface area contributed by atoms with Crippen molar-refractivity contribution in [2.45, 2.75) is 33.5 Å². The zero-order valence-electron chi connectivity index (χ0n) is 18.8. The van der Waals surface area contributed by atoms with Gasteiger partial charge >= 0.3 is 0 Å². The Morgan fingerprint density at radius 3 is 2.72 bits per heavy atom. The molecule has 4 aromatic rings. The maximum absolute atomic E-state index is 8.33. The Hall–Kier alpha value is -2.68. The monoisotopic (exact) mass is 335 g/mol. The summed E-state index contributed by atoms with van der Waals surface area (Å²) in [4.78, 5) is 4.22. The van der Waals surface area contributed by atoms with Gasteiger partial charge in [-0.25, -0.2) is 4.57 Å². The zero-order valence-corrected chi connectivity index (χ0v) is 14.8. The first-order valence-corrected chi connectivity index (χ1v) is 8.29. The third kappa shape index (κ3) is 2.60. The number of nitrogens with zero attached hydrogens (tertiary/aromatic N) is 2. The number of fused-ring (bicyclic) bond motifs is 3. The van der Waals surface area contributed by atoms with Crippen LogP contribution >= 0.6 is 0 Å². The molecule has 0 spiro atoms. The molecule has 3 heteroatoms. The summed E-state index contributed by atoms with van der Waals surface area (Å²) in [5.41, 5.74) is 5.91. The van der Waals surface area contributed by atoms with E-state index in [2.05, 4.69) is 40.9 Å². The largest absolute Gasteiger partial charge is 0.454 e. The summed E-state index contributed by atoms with van der Waals surface area (Å²) in [6.07, 6.45) is 3.60. The van der Waals surface area contributed by atoms with Crippen molar-refractivity contribution in [3.63, 3.8) is 0 Å². The van der Waals surface area contributed by atoms with Gasteiger partial charge in [-0.2, -0.15) is 0 Å². The first-order chi connectivity index (χ1) is 13.5. The first-order valence-electron chi connectivity index (χ1n) is 10.3. The van der Waals surface area contributed by atoms with Crippen LogP contribution in [0.2, 0.25) is 0 Å². The van der Waals surface area contributed by atoms with Gasteiger partial charge in [-0.1, -0.05) is 13.8 Å². The van der Waals surface area contributed by atoms with Crippen LogP contribution in [-0.4, -0.2) is 4.98 Å². The molecule has 4 rings (SSSR count). The summed E-state index contributed by atoms with van der Waals surface area (Å²) < 4.78 is 39.5. The number of benzene rings is 1. The molecule has 0 saturated heterocycles. The highest BCUT2D eigenvalue weighted by molar-refractivity contribution is 6.06. The van der Waals surface area contributed by atoms with Crippen molar-refractivity contribution in [2.24, 2.45) is 7.05 Å². The van der Waals surface area contributed by atoms with Crippen LogP contribution in [0, 0.1) is 13.8 Å². The van der Waals surface area contributed by atoms with E-state index in [1.165, 1.54) is 18.7 Å². The van der Waals surface area contributed by atoms with Crippen LogP contribution in [0.1, 0.15) is 42.0 Å². The molecule has 0 amide bonds. The minimum atomic E-state index is -2.48. The van der Waals surface area contributed by atoms with E-state index < -0.39 is 12.7 Å². The minimum absolute atomic E-state index is 0.208. The molecular weight excluding hydrogens is 308 g/mol. The van der Waals surface area contributed by atoms with E-state index in [-0.39, 0.29) is 5.69 Å². The molecule has 1 atom stereocenters. The molecule has 1 unspecified atom stereocenters. The number of hydrogen-bond donors (Lipinski definition) is 0. The lowest BCUT2D eigenvalue weighted by Gasteiger charge is -2.05. The van der Waals surface area contributed by atoms with Crippen LogP contribution in [0.15, 0.2) is 47.1 Å². The second kappa shape index (κ2) is 5.69. The van der Waals surface area contributed by atoms with Gasteiger partial charge in [0.2, 0.25) is 5.69 Å². The average Bonchev–Trinajstić information content (AvgIpc) is 2.97. The molecule has 0 radical (unpaired) electrons. The fourth-order valence-corrected chi connectivity index (χ4v) is 3.34. The van der Waals surface area contributed by atoms with E-state index in [0.717, 1.165) is 27.6 Å². The molecule has 3 aromatic heterocycles. The number of hydrogen-bond acceptors (Lipinski definition) is 2. The van der Waals surface area contributed by atoms with Crippen LogP contribution in [0.3, 0.4) is 0 Å². The third-order valence-corrected chi connectivity index (χ3v) is 4.65. The molecule has 126 valence electrons. The first kappa shape index (κ1) is 11.8. The van der Waals surface area contributed by atoms with E-state index in [1.807, 2.05) is 20.0 Å². The summed E-state index contributed by atoms with van der Waals surface area (Å²) in [5, 5.41) is 1.66. The molecule has 0 fully saturated rings. The number of aromatic nitrogens is 2. The predicted molar refractivity (Wildman–Crippen MR) is 102 cm³/mol. The van der Waals surface area contributed by atoms with Crippen molar-refractivity contribution in [3.05, 3.63) is 59.5 Å². The summed E-state index contributed by atoms with van der Waals surface area (Å²) in [5.74, 6) is -1.80. The molecule has 25 heavy (non-hydrogen) atoms. The standard InChI is InChI=1S/C22H23N2O/c1-13(2)19-9-18-17-8-15(4)16(10-21(17)25-22(18)11-23-19)20-7-6-14(3)12-24(20)5/h6-13H,1-5H3/q+1/i1D3,13D. The van der Waals surface area contributed by atoms with E-state index in [1.54, 1.807) is 6.07 Å². The van der Waals surface area contributed by atoms with Crippen LogP contribution in [0.25, 0.3) is 33.2 Å². The van der Waals surface area contributed by atoms with Crippen LogP contribution < -0.4 is 4.57 Å². The summed E-state index contributed by atoms with van der Waals surface area (Å²) in [6, 6.07) is 9.91. The third-order valence-electron chi connectivity index (χ3n) is 4.65. The highest BCUT2D eigenvalue weighted by Crippen LogP contribution is 2.34. The van der Waals surface area contributed by atoms with Crippen molar-refractivity contribution in [3.8, 4) is 11.3 Å². The Balaban J connectivity index is 1.93. The number of rotatable bonds is 2. The SMILES string of the molecule is [2H]C([2H])([2H])C([2H])(C)c1cc2c(cn1)oc1cc(-c3ccc(C)c[n+]3C)c(C)cc12. The zero-order chi connectivity index (χ0) is 21.1. The lowest BCUT2D eigenvalue weighted by atomic mass is 10.0. The maximum atomic E-state index is 8.33. The van der Waals surface area contributed by atoms with Crippen molar-refractivity contribution in [1.29, 1.82) is 0 Å². The number of furan rings is 1. The van der Waals surface area contributed by atoms with Gasteiger partial charge in [0.15, 0.2) is 11.8 Å². The number of aryl methyl sites for hydroxylation is 3. The molecule has 0 saturated carbocycles. The number of pyridine rings is 2. The minimum Gasteiger partial charge on any atom is -0.454 e. The van der Waals surface area contributed by atoms with E-state index in [4.69, 9.17) is 9.90 Å². The quantitative estimate of drug-likeness (QED) is 0.471. The Morgan fingerprint density at radius 1 is 1.16 bits per heavy atom. The molecule has 3 nitrogen and oxygen atoms in total. The molecule has 0 aliphatic heterocycles. The molecule has 1 aromatic carbocycles. The molecule has 3 heterocycles. The summed E-state index contributed by atoms with van der Waals surface area (Å²) >= 11 is 0. The van der Waals surface area contributed by atoms with Crippen molar-refractivity contribution >= 4 is 21.9 Å². The van der Waals surface area contributed by atoms with E-state index in [0.29, 0.717) is 11.2 Å². The summed E-state index contributed by atoms with van der Waals surface area (Å²) in [7, 11) is 2.02. The van der Waals surface area contributed by atoms with Gasteiger partial charge in [-0.15, -0.1) is 0 Å². The second-order valence-electron chi connectivity index (χ2n) is 6.66. The summed E-state index contributed by atoms with van der Waals surface area (Å²) in [6.45, 7) is 3.00. The molecule has 0 aliphatic carbocycles. The van der Waals surface area contributed by atoms with Gasteiger partial charge in [-0.05, 0) is 49.6 Å². The smallest absolute Gasteiger partial charge is 0.212 e. The van der Waals surface area contributed by atoms with Crippen molar-refractivity contribution in [2.75, 3.05) is 0 Å². The molecule has 0 bridgehead atoms. The highest BCUT2D eigenvalue weighted by Gasteiger charge is 2.17. The van der Waals surface area contributed by atoms with Crippen LogP contribution in [0.5, 0.6) is 0 Å². The Kier molecular flexibility index (Phi) is 2.69. The fourth-order valence-electron chi connectivity index (χ4n) is 3.34. The fraction of sp³-hybridized carbons (Fsp3) is 0.273. The van der Waals surface area contributed by atoms with Gasteiger partial charge in [-0.3, -0.25) is 4.98 Å². The Bertz CT molecular complexity index is 1260. The molecule has 0 N–H and O–H groups in total. The Morgan fingerprint density at radius 2 is 1.96 bits per heavy atom. The topological polar surface area (TPSA) is 29.9 Å². The van der Waals surface area contributed by atoms with Gasteiger partial charge in [0.05, 0.1) is 11.8 Å². The Labute approximate surface area is 153 Å².